The number of nitrogens with zero attached hydrogens (tertiary/aromatic N) is 1. The quantitative estimate of drug-likeness (QED) is 0.583. The van der Waals surface area contributed by atoms with Gasteiger partial charge < -0.3 is 11.1 Å². The van der Waals surface area contributed by atoms with Crippen LogP contribution in [0, 0.1) is 0 Å². The van der Waals surface area contributed by atoms with E-state index in [1.54, 1.807) is 0 Å². The zero-order valence-electron chi connectivity index (χ0n) is 11.5. The summed E-state index contributed by atoms with van der Waals surface area (Å²) in [5.41, 5.74) is 5.92. The number of nitrogens with two attached hydrogens (primary N) is 1. The molecule has 0 aliphatic carbocycles. The average molecular weight is 255 g/mol. The van der Waals surface area contributed by atoms with Gasteiger partial charge in [-0.15, -0.1) is 0 Å². The summed E-state index contributed by atoms with van der Waals surface area (Å²) in [5, 5.41) is 2.73. The Kier molecular flexibility index (Phi) is 6.93. The van der Waals surface area contributed by atoms with Gasteiger partial charge in [0, 0.05) is 11.8 Å². The maximum absolute atomic E-state index is 12.2. The van der Waals surface area contributed by atoms with Crippen molar-refractivity contribution in [2.24, 2.45) is 10.7 Å². The number of nitrogens with one attached hydrogen (secondary N) is 1. The first-order valence-electron chi connectivity index (χ1n) is 5.86. The molecule has 0 aromatic heterocycles. The van der Waals surface area contributed by atoms with Crippen LogP contribution >= 0.6 is 0 Å². The van der Waals surface area contributed by atoms with E-state index in [0.29, 0.717) is 18.3 Å². The van der Waals surface area contributed by atoms with Crippen molar-refractivity contribution in [3.63, 3.8) is 0 Å². The smallest absolute Gasteiger partial charge is 0.267 e. The third-order valence-corrected chi connectivity index (χ3v) is 2.01. The molecule has 0 heterocycles. The van der Waals surface area contributed by atoms with Crippen LogP contribution in [0.4, 0.5) is 4.39 Å². The van der Waals surface area contributed by atoms with E-state index in [1.807, 2.05) is 27.7 Å². The minimum Gasteiger partial charge on any atom is -0.394 e. The van der Waals surface area contributed by atoms with Gasteiger partial charge in [-0.25, -0.2) is 4.39 Å². The van der Waals surface area contributed by atoms with Crippen LogP contribution in [0.25, 0.3) is 0 Å². The van der Waals surface area contributed by atoms with Crippen LogP contribution in [0.3, 0.4) is 0 Å². The summed E-state index contributed by atoms with van der Waals surface area (Å²) >= 11 is 0. The number of amides is 1. The fourth-order valence-electron chi connectivity index (χ4n) is 1.01. The highest BCUT2D eigenvalue weighted by Crippen LogP contribution is 2.01. The van der Waals surface area contributed by atoms with E-state index in [-0.39, 0.29) is 23.7 Å². The molecule has 0 unspecified atom stereocenters. The highest BCUT2D eigenvalue weighted by Gasteiger charge is 2.14. The third-order valence-electron chi connectivity index (χ3n) is 2.01. The lowest BCUT2D eigenvalue weighted by Gasteiger charge is -2.20. The zero-order chi connectivity index (χ0) is 14.2. The first kappa shape index (κ1) is 16.4. The summed E-state index contributed by atoms with van der Waals surface area (Å²) in [4.78, 5) is 15.5. The summed E-state index contributed by atoms with van der Waals surface area (Å²) in [7, 11) is 0. The molecule has 0 aromatic rings. The normalized spacial score (nSPS) is 14.1. The summed E-state index contributed by atoms with van der Waals surface area (Å²) < 4.78 is 12.2. The highest BCUT2D eigenvalue weighted by atomic mass is 19.1. The van der Waals surface area contributed by atoms with E-state index in [1.165, 1.54) is 12.3 Å². The molecule has 18 heavy (non-hydrogen) atoms. The number of hydrogen-bond donors (Lipinski definition) is 2. The van der Waals surface area contributed by atoms with E-state index in [4.69, 9.17) is 5.73 Å². The lowest BCUT2D eigenvalue weighted by Crippen LogP contribution is -2.42. The molecule has 4 nitrogen and oxygen atoms in total. The lowest BCUT2D eigenvalue weighted by atomic mass is 10.1. The molecule has 102 valence electrons. The monoisotopic (exact) mass is 255 g/mol. The standard InChI is InChI=1S/C13H22FN3O/c1-5-10(8-14)9-16-7-6-11(15)12(18)17-13(2,3)4/h6-8H,5,9,15H2,1-4H3,(H,17,18)/b10-8+,11-6?,16-7?. The van der Waals surface area contributed by atoms with E-state index in [9.17, 15) is 9.18 Å². The minimum atomic E-state index is -0.342. The molecule has 5 heteroatoms. The Morgan fingerprint density at radius 1 is 1.44 bits per heavy atom. The van der Waals surface area contributed by atoms with Gasteiger partial charge in [-0.1, -0.05) is 6.92 Å². The summed E-state index contributed by atoms with van der Waals surface area (Å²) in [6.45, 7) is 7.73. The van der Waals surface area contributed by atoms with Gasteiger partial charge in [0.15, 0.2) is 0 Å². The molecule has 0 aliphatic rings. The molecule has 0 saturated heterocycles. The van der Waals surface area contributed by atoms with Crippen LogP contribution in [0.1, 0.15) is 34.1 Å². The molecule has 0 aromatic carbocycles. The van der Waals surface area contributed by atoms with Gasteiger partial charge >= 0.3 is 0 Å². The van der Waals surface area contributed by atoms with Gasteiger partial charge in [-0.3, -0.25) is 9.79 Å². The van der Waals surface area contributed by atoms with E-state index < -0.39 is 0 Å². The topological polar surface area (TPSA) is 67.5 Å². The van der Waals surface area contributed by atoms with Gasteiger partial charge in [0.2, 0.25) is 0 Å². The Hall–Kier alpha value is -1.65. The van der Waals surface area contributed by atoms with Crippen molar-refractivity contribution >= 4 is 12.1 Å². The summed E-state index contributed by atoms with van der Waals surface area (Å²) in [5.74, 6) is -0.342. The maximum atomic E-state index is 12.2. The van der Waals surface area contributed by atoms with Crippen LogP contribution in [-0.4, -0.2) is 24.2 Å². The first-order valence-corrected chi connectivity index (χ1v) is 5.86. The molecule has 0 fully saturated rings. The number of hydrogen-bond acceptors (Lipinski definition) is 3. The summed E-state index contributed by atoms with van der Waals surface area (Å²) in [6.07, 6.45) is 3.98. The second-order valence-electron chi connectivity index (χ2n) is 4.94. The van der Waals surface area contributed by atoms with Crippen molar-refractivity contribution < 1.29 is 9.18 Å². The average Bonchev–Trinajstić information content (AvgIpc) is 2.26. The van der Waals surface area contributed by atoms with Crippen molar-refractivity contribution in [2.75, 3.05) is 6.54 Å². The first-order chi connectivity index (χ1) is 8.30. The molecular weight excluding hydrogens is 233 g/mol. The summed E-state index contributed by atoms with van der Waals surface area (Å²) in [6, 6.07) is 0. The third kappa shape index (κ3) is 7.60. The van der Waals surface area contributed by atoms with Crippen molar-refractivity contribution in [2.45, 2.75) is 39.7 Å². The van der Waals surface area contributed by atoms with Crippen LogP contribution < -0.4 is 11.1 Å². The SMILES string of the molecule is CC/C(=C\F)CN=CC=C(N)C(=O)NC(C)(C)C. The molecule has 0 radical (unpaired) electrons. The molecule has 0 spiro atoms. The van der Waals surface area contributed by atoms with E-state index >= 15 is 0 Å². The van der Waals surface area contributed by atoms with Crippen LogP contribution in [0.5, 0.6) is 0 Å². The van der Waals surface area contributed by atoms with Crippen molar-refractivity contribution in [3.05, 3.63) is 23.7 Å². The molecule has 0 rings (SSSR count). The molecule has 0 saturated carbocycles. The van der Waals surface area contributed by atoms with Gasteiger partial charge in [0.05, 0.1) is 18.6 Å². The fourth-order valence-corrected chi connectivity index (χ4v) is 1.01. The number of carbonyl (C=O) groups is 1. The largest absolute Gasteiger partial charge is 0.394 e. The van der Waals surface area contributed by atoms with Crippen molar-refractivity contribution in [1.29, 1.82) is 0 Å². The number of aliphatic imine (C=N–C) groups is 1. The second kappa shape index (κ2) is 7.63. The number of allylic oxidation sites excluding steroid dienone is 1. The van der Waals surface area contributed by atoms with Crippen molar-refractivity contribution in [1.82, 2.24) is 5.32 Å². The Labute approximate surface area is 108 Å². The minimum absolute atomic E-state index is 0.0796. The predicted octanol–water partition coefficient (Wildman–Crippen LogP) is 2.08. The van der Waals surface area contributed by atoms with Gasteiger partial charge in [-0.2, -0.15) is 0 Å². The van der Waals surface area contributed by atoms with Gasteiger partial charge in [0.1, 0.15) is 0 Å². The Balaban J connectivity index is 4.35. The predicted molar refractivity (Wildman–Crippen MR) is 73.0 cm³/mol. The zero-order valence-corrected chi connectivity index (χ0v) is 11.5. The molecular formula is C13H22FN3O. The molecule has 0 aliphatic heterocycles. The molecule has 0 atom stereocenters. The Morgan fingerprint density at radius 2 is 2.06 bits per heavy atom. The number of halogens is 1. The number of carbonyl (C=O) groups excluding carboxylic acids is 1. The van der Waals surface area contributed by atoms with Gasteiger partial charge in [-0.05, 0) is 38.8 Å². The molecule has 0 bridgehead atoms. The molecule has 3 N–H and O–H groups in total. The number of rotatable bonds is 5. The van der Waals surface area contributed by atoms with E-state index in [2.05, 4.69) is 10.3 Å². The fraction of sp³-hybridized carbons (Fsp3) is 0.538. The van der Waals surface area contributed by atoms with Crippen LogP contribution in [0.2, 0.25) is 0 Å². The highest BCUT2D eigenvalue weighted by molar-refractivity contribution is 5.96. The Bertz CT molecular complexity index is 365. The second-order valence-corrected chi connectivity index (χ2v) is 4.94. The van der Waals surface area contributed by atoms with E-state index in [0.717, 1.165) is 0 Å². The van der Waals surface area contributed by atoms with Crippen LogP contribution in [-0.2, 0) is 4.79 Å². The Morgan fingerprint density at radius 3 is 2.50 bits per heavy atom. The van der Waals surface area contributed by atoms with Gasteiger partial charge in [0.25, 0.3) is 5.91 Å². The van der Waals surface area contributed by atoms with Crippen LogP contribution in [0.15, 0.2) is 28.7 Å². The lowest BCUT2D eigenvalue weighted by molar-refractivity contribution is -0.118. The molecule has 1 amide bonds. The van der Waals surface area contributed by atoms with Crippen molar-refractivity contribution in [3.8, 4) is 0 Å². The maximum Gasteiger partial charge on any atom is 0.267 e.